The van der Waals surface area contributed by atoms with Gasteiger partial charge in [0, 0.05) is 37.8 Å². The minimum Gasteiger partial charge on any atom is -0.375 e. The number of fused-ring (bicyclic) bond motifs is 1. The van der Waals surface area contributed by atoms with Crippen molar-refractivity contribution in [2.45, 2.75) is 44.8 Å². The smallest absolute Gasteiger partial charge is 0.256 e. The predicted octanol–water partition coefficient (Wildman–Crippen LogP) is 3.26. The minimum atomic E-state index is -1.41. The number of benzene rings is 1. The first-order valence-electron chi connectivity index (χ1n) is 11.8. The van der Waals surface area contributed by atoms with Crippen molar-refractivity contribution in [3.05, 3.63) is 65.5 Å². The topological polar surface area (TPSA) is 65.5 Å². The summed E-state index contributed by atoms with van der Waals surface area (Å²) in [6.07, 6.45) is 4.00. The molecule has 0 bridgehead atoms. The lowest BCUT2D eigenvalue weighted by atomic mass is 9.79. The van der Waals surface area contributed by atoms with Crippen molar-refractivity contribution in [1.29, 1.82) is 0 Å². The first kappa shape index (κ1) is 20.7. The normalized spacial score (nSPS) is 27.6. The van der Waals surface area contributed by atoms with Crippen LogP contribution in [0.15, 0.2) is 48.5 Å². The van der Waals surface area contributed by atoms with E-state index in [1.165, 1.54) is 0 Å². The van der Waals surface area contributed by atoms with Gasteiger partial charge in [0.05, 0.1) is 5.69 Å². The monoisotopic (exact) mass is 419 g/mol. The molecule has 5 rings (SSSR count). The second-order valence-corrected chi connectivity index (χ2v) is 9.78. The standard InChI is InChI=1S/C26H33N3O2/c1-18-8-7-13-21(28-18)15-29-16-23-22(24(23)17-29)14-27-25(30)26(31,20-11-5-6-12-20)19-9-3-2-4-10-19/h2-4,7-10,13,20,22-24,31H,5-6,11-12,14-17H2,1H3,(H,27,30). The summed E-state index contributed by atoms with van der Waals surface area (Å²) >= 11 is 0. The van der Waals surface area contributed by atoms with Crippen LogP contribution < -0.4 is 5.32 Å². The average Bonchev–Trinajstić information content (AvgIpc) is 3.17. The van der Waals surface area contributed by atoms with Crippen LogP contribution >= 0.6 is 0 Å². The third kappa shape index (κ3) is 4.01. The Morgan fingerprint density at radius 2 is 1.81 bits per heavy atom. The second-order valence-electron chi connectivity index (χ2n) is 9.78. The second kappa shape index (κ2) is 8.36. The lowest BCUT2D eigenvalue weighted by Crippen LogP contribution is -2.49. The molecule has 1 aliphatic heterocycles. The van der Waals surface area contributed by atoms with E-state index in [9.17, 15) is 9.90 Å². The highest BCUT2D eigenvalue weighted by Crippen LogP contribution is 2.51. The molecule has 3 fully saturated rings. The predicted molar refractivity (Wildman–Crippen MR) is 120 cm³/mol. The zero-order valence-electron chi connectivity index (χ0n) is 18.3. The zero-order valence-corrected chi connectivity index (χ0v) is 18.3. The summed E-state index contributed by atoms with van der Waals surface area (Å²) in [5.74, 6) is 1.64. The fraction of sp³-hybridized carbons (Fsp3) is 0.538. The summed E-state index contributed by atoms with van der Waals surface area (Å²) < 4.78 is 0. The highest BCUT2D eigenvalue weighted by Gasteiger charge is 2.56. The quantitative estimate of drug-likeness (QED) is 0.723. The molecule has 2 heterocycles. The molecule has 2 N–H and O–H groups in total. The van der Waals surface area contributed by atoms with Crippen LogP contribution in [0.1, 0.15) is 42.6 Å². The number of likely N-dealkylation sites (tertiary alicyclic amines) is 1. The van der Waals surface area contributed by atoms with Crippen LogP contribution in [0.3, 0.4) is 0 Å². The number of aromatic nitrogens is 1. The summed E-state index contributed by atoms with van der Waals surface area (Å²) in [6.45, 7) is 5.76. The highest BCUT2D eigenvalue weighted by atomic mass is 16.3. The summed E-state index contributed by atoms with van der Waals surface area (Å²) in [5, 5.41) is 14.7. The number of hydrogen-bond acceptors (Lipinski definition) is 4. The van der Waals surface area contributed by atoms with Gasteiger partial charge < -0.3 is 10.4 Å². The molecule has 3 unspecified atom stereocenters. The lowest BCUT2D eigenvalue weighted by molar-refractivity contribution is -0.147. The van der Waals surface area contributed by atoms with Gasteiger partial charge in [0.25, 0.3) is 5.91 Å². The summed E-state index contributed by atoms with van der Waals surface area (Å²) in [5.41, 5.74) is 1.52. The number of hydrogen-bond donors (Lipinski definition) is 2. The Labute approximate surface area is 184 Å². The molecular weight excluding hydrogens is 386 g/mol. The number of amides is 1. The van der Waals surface area contributed by atoms with E-state index in [1.807, 2.05) is 43.3 Å². The van der Waals surface area contributed by atoms with E-state index < -0.39 is 5.60 Å². The van der Waals surface area contributed by atoms with Crippen molar-refractivity contribution in [2.75, 3.05) is 19.6 Å². The largest absolute Gasteiger partial charge is 0.375 e. The molecule has 2 aliphatic carbocycles. The Bertz CT molecular complexity index is 915. The van der Waals surface area contributed by atoms with Gasteiger partial charge >= 0.3 is 0 Å². The molecule has 164 valence electrons. The molecule has 0 spiro atoms. The number of aryl methyl sites for hydroxylation is 1. The fourth-order valence-corrected chi connectivity index (χ4v) is 6.02. The van der Waals surface area contributed by atoms with E-state index in [0.717, 1.165) is 62.3 Å². The maximum atomic E-state index is 13.3. The Morgan fingerprint density at radius 3 is 2.48 bits per heavy atom. The van der Waals surface area contributed by atoms with Crippen molar-refractivity contribution < 1.29 is 9.90 Å². The molecule has 1 aromatic carbocycles. The van der Waals surface area contributed by atoms with Crippen LogP contribution in [-0.2, 0) is 16.9 Å². The van der Waals surface area contributed by atoms with Gasteiger partial charge in [-0.05, 0) is 55.2 Å². The van der Waals surface area contributed by atoms with E-state index >= 15 is 0 Å². The first-order valence-corrected chi connectivity index (χ1v) is 11.8. The van der Waals surface area contributed by atoms with Gasteiger partial charge in [-0.1, -0.05) is 49.2 Å². The van der Waals surface area contributed by atoms with Crippen LogP contribution in [0.2, 0.25) is 0 Å². The Morgan fingerprint density at radius 1 is 1.10 bits per heavy atom. The van der Waals surface area contributed by atoms with E-state index in [-0.39, 0.29) is 11.8 Å². The van der Waals surface area contributed by atoms with Gasteiger partial charge in [0.1, 0.15) is 0 Å². The molecule has 2 saturated carbocycles. The summed E-state index contributed by atoms with van der Waals surface area (Å²) in [4.78, 5) is 20.4. The number of nitrogens with zero attached hydrogens (tertiary/aromatic N) is 2. The maximum absolute atomic E-state index is 13.3. The van der Waals surface area contributed by atoms with Crippen molar-refractivity contribution in [3.8, 4) is 0 Å². The first-order chi connectivity index (χ1) is 15.1. The SMILES string of the molecule is Cc1cccc(CN2CC3C(CNC(=O)C(O)(c4ccccc4)C4CCCC4)C3C2)n1. The third-order valence-electron chi connectivity index (χ3n) is 7.78. The molecular formula is C26H33N3O2. The number of rotatable bonds is 7. The van der Waals surface area contributed by atoms with Crippen LogP contribution in [0.5, 0.6) is 0 Å². The van der Waals surface area contributed by atoms with Crippen molar-refractivity contribution in [3.63, 3.8) is 0 Å². The summed E-state index contributed by atoms with van der Waals surface area (Å²) in [6, 6.07) is 15.7. The third-order valence-corrected chi connectivity index (χ3v) is 7.78. The molecule has 2 aromatic rings. The van der Waals surface area contributed by atoms with Crippen molar-refractivity contribution in [1.82, 2.24) is 15.2 Å². The van der Waals surface area contributed by atoms with Crippen LogP contribution in [0.4, 0.5) is 0 Å². The van der Waals surface area contributed by atoms with E-state index in [4.69, 9.17) is 0 Å². The van der Waals surface area contributed by atoms with Crippen LogP contribution in [0, 0.1) is 30.6 Å². The molecule has 5 heteroatoms. The fourth-order valence-electron chi connectivity index (χ4n) is 6.02. The van der Waals surface area contributed by atoms with Gasteiger partial charge in [-0.3, -0.25) is 14.7 Å². The molecule has 31 heavy (non-hydrogen) atoms. The zero-order chi connectivity index (χ0) is 21.4. The van der Waals surface area contributed by atoms with Gasteiger partial charge in [-0.15, -0.1) is 0 Å². The number of nitrogens with one attached hydrogen (secondary N) is 1. The van der Waals surface area contributed by atoms with Gasteiger partial charge in [0.2, 0.25) is 0 Å². The molecule has 1 saturated heterocycles. The number of pyridine rings is 1. The number of piperidine rings is 1. The van der Waals surface area contributed by atoms with E-state index in [2.05, 4.69) is 27.3 Å². The molecule has 3 atom stereocenters. The minimum absolute atomic E-state index is 0.00548. The lowest BCUT2D eigenvalue weighted by Gasteiger charge is -2.33. The maximum Gasteiger partial charge on any atom is 0.256 e. The number of carbonyl (C=O) groups is 1. The Hall–Kier alpha value is -2.24. The molecule has 1 amide bonds. The van der Waals surface area contributed by atoms with Gasteiger partial charge in [-0.2, -0.15) is 0 Å². The summed E-state index contributed by atoms with van der Waals surface area (Å²) in [7, 11) is 0. The Balaban J connectivity index is 1.17. The average molecular weight is 420 g/mol. The molecule has 3 aliphatic rings. The Kier molecular flexibility index (Phi) is 5.57. The van der Waals surface area contributed by atoms with E-state index in [0.29, 0.717) is 24.3 Å². The van der Waals surface area contributed by atoms with Gasteiger partial charge in [-0.25, -0.2) is 0 Å². The van der Waals surface area contributed by atoms with Crippen LogP contribution in [0.25, 0.3) is 0 Å². The number of carbonyl (C=O) groups excluding carboxylic acids is 1. The van der Waals surface area contributed by atoms with Crippen molar-refractivity contribution in [2.24, 2.45) is 23.7 Å². The van der Waals surface area contributed by atoms with E-state index in [1.54, 1.807) is 0 Å². The highest BCUT2D eigenvalue weighted by molar-refractivity contribution is 5.86. The number of aliphatic hydroxyl groups is 1. The molecule has 1 aromatic heterocycles. The molecule has 0 radical (unpaired) electrons. The van der Waals surface area contributed by atoms with Crippen LogP contribution in [-0.4, -0.2) is 40.5 Å². The molecule has 5 nitrogen and oxygen atoms in total. The van der Waals surface area contributed by atoms with Gasteiger partial charge in [0.15, 0.2) is 5.60 Å². The van der Waals surface area contributed by atoms with Crippen molar-refractivity contribution >= 4 is 5.91 Å².